The van der Waals surface area contributed by atoms with Gasteiger partial charge in [-0.1, -0.05) is 30.3 Å². The lowest BCUT2D eigenvalue weighted by molar-refractivity contribution is -0.145. The molecule has 1 heterocycles. The summed E-state index contributed by atoms with van der Waals surface area (Å²) in [5, 5.41) is 5.32. The van der Waals surface area contributed by atoms with Crippen molar-refractivity contribution in [1.82, 2.24) is 10.6 Å². The number of nitrogens with one attached hydrogen (secondary N) is 2. The van der Waals surface area contributed by atoms with Crippen molar-refractivity contribution in [3.63, 3.8) is 0 Å². The highest BCUT2D eigenvalue weighted by Crippen LogP contribution is 2.07. The third-order valence-corrected chi connectivity index (χ3v) is 3.11. The van der Waals surface area contributed by atoms with Crippen molar-refractivity contribution in [3.05, 3.63) is 41.6 Å². The monoisotopic (exact) mass is 324 g/mol. The predicted octanol–water partition coefficient (Wildman–Crippen LogP) is 0.735. The summed E-state index contributed by atoms with van der Waals surface area (Å²) in [6.45, 7) is 0.362. The van der Waals surface area contributed by atoms with E-state index in [1.807, 2.05) is 30.3 Å². The Morgan fingerprint density at radius 2 is 2.05 bits per heavy atom. The minimum absolute atomic E-state index is 0. The maximum Gasteiger partial charge on any atom is 0.306 e. The Morgan fingerprint density at radius 3 is 2.73 bits per heavy atom. The molecular formula is C15H17ClN2O4. The van der Waals surface area contributed by atoms with Crippen LogP contribution in [0.1, 0.15) is 18.4 Å². The average molecular weight is 325 g/mol. The Labute approximate surface area is 134 Å². The predicted molar refractivity (Wildman–Crippen MR) is 81.9 cm³/mol. The molecule has 0 spiro atoms. The van der Waals surface area contributed by atoms with E-state index in [0.717, 1.165) is 5.56 Å². The van der Waals surface area contributed by atoms with Gasteiger partial charge in [0.1, 0.15) is 24.3 Å². The van der Waals surface area contributed by atoms with Gasteiger partial charge in [-0.05, 0) is 12.0 Å². The SMILES string of the molecule is Cl.O=C=C1CNC(=O)C(CCC(=O)OCc2ccccc2)N1. The number of hydrogen-bond donors (Lipinski definition) is 2. The largest absolute Gasteiger partial charge is 0.461 e. The van der Waals surface area contributed by atoms with Gasteiger partial charge < -0.3 is 15.4 Å². The van der Waals surface area contributed by atoms with Gasteiger partial charge in [-0.25, -0.2) is 4.79 Å². The minimum atomic E-state index is -0.598. The van der Waals surface area contributed by atoms with Crippen molar-refractivity contribution in [3.8, 4) is 0 Å². The van der Waals surface area contributed by atoms with E-state index in [9.17, 15) is 14.4 Å². The van der Waals surface area contributed by atoms with E-state index < -0.39 is 6.04 Å². The fraction of sp³-hybridized carbons (Fsp3) is 0.333. The Bertz CT molecular complexity index is 570. The fourth-order valence-corrected chi connectivity index (χ4v) is 1.97. The molecular weight excluding hydrogens is 308 g/mol. The number of halogens is 1. The zero-order valence-electron chi connectivity index (χ0n) is 11.8. The van der Waals surface area contributed by atoms with E-state index in [0.29, 0.717) is 0 Å². The summed E-state index contributed by atoms with van der Waals surface area (Å²) in [7, 11) is 0. The molecule has 0 saturated carbocycles. The van der Waals surface area contributed by atoms with Gasteiger partial charge in [-0.15, -0.1) is 12.4 Å². The molecule has 1 fully saturated rings. The summed E-state index contributed by atoms with van der Waals surface area (Å²) in [5.74, 6) is 1.10. The van der Waals surface area contributed by atoms with Gasteiger partial charge >= 0.3 is 5.97 Å². The van der Waals surface area contributed by atoms with Crippen LogP contribution in [0.3, 0.4) is 0 Å². The standard InChI is InChI=1S/C15H16N2O4.ClH/c18-9-12-8-16-15(20)13(17-12)6-7-14(19)21-10-11-4-2-1-3-5-11;/h1-5,13,17H,6-8,10H2,(H,16,20);1H. The summed E-state index contributed by atoms with van der Waals surface area (Å²) >= 11 is 0. The first kappa shape index (κ1) is 17.8. The Balaban J connectivity index is 0.00000242. The molecule has 1 aromatic carbocycles. The van der Waals surface area contributed by atoms with E-state index in [2.05, 4.69) is 10.6 Å². The Morgan fingerprint density at radius 1 is 1.32 bits per heavy atom. The number of ether oxygens (including phenoxy) is 1. The number of piperazine rings is 1. The van der Waals surface area contributed by atoms with Crippen LogP contribution in [-0.2, 0) is 25.7 Å². The number of amides is 1. The molecule has 6 nitrogen and oxygen atoms in total. The molecule has 1 atom stereocenters. The number of rotatable bonds is 5. The molecule has 2 N–H and O–H groups in total. The van der Waals surface area contributed by atoms with E-state index in [1.165, 1.54) is 0 Å². The van der Waals surface area contributed by atoms with Crippen molar-refractivity contribution >= 4 is 30.2 Å². The zero-order chi connectivity index (χ0) is 15.1. The van der Waals surface area contributed by atoms with E-state index in [1.54, 1.807) is 5.94 Å². The van der Waals surface area contributed by atoms with Crippen molar-refractivity contribution in [2.45, 2.75) is 25.5 Å². The molecule has 0 bridgehead atoms. The van der Waals surface area contributed by atoms with E-state index >= 15 is 0 Å². The van der Waals surface area contributed by atoms with Crippen molar-refractivity contribution in [2.24, 2.45) is 0 Å². The molecule has 1 unspecified atom stereocenters. The number of esters is 1. The van der Waals surface area contributed by atoms with Gasteiger partial charge in [0.25, 0.3) is 0 Å². The van der Waals surface area contributed by atoms with Crippen LogP contribution in [0.15, 0.2) is 36.0 Å². The van der Waals surface area contributed by atoms with Crippen LogP contribution in [0, 0.1) is 0 Å². The molecule has 2 rings (SSSR count). The lowest BCUT2D eigenvalue weighted by atomic mass is 10.1. The van der Waals surface area contributed by atoms with Crippen molar-refractivity contribution in [2.75, 3.05) is 6.54 Å². The number of carbonyl (C=O) groups is 2. The van der Waals surface area contributed by atoms with Crippen molar-refractivity contribution < 1.29 is 19.1 Å². The maximum absolute atomic E-state index is 11.7. The normalized spacial score (nSPS) is 16.6. The molecule has 1 saturated heterocycles. The smallest absolute Gasteiger partial charge is 0.306 e. The molecule has 0 aliphatic carbocycles. The Hall–Kier alpha value is -2.30. The number of hydrogen-bond acceptors (Lipinski definition) is 5. The second-order valence-corrected chi connectivity index (χ2v) is 4.68. The van der Waals surface area contributed by atoms with E-state index in [-0.39, 0.29) is 56.0 Å². The summed E-state index contributed by atoms with van der Waals surface area (Å²) in [6, 6.07) is 8.75. The molecule has 1 aromatic rings. The van der Waals surface area contributed by atoms with E-state index in [4.69, 9.17) is 4.74 Å². The number of benzene rings is 1. The summed E-state index contributed by atoms with van der Waals surface area (Å²) in [5.41, 5.74) is 1.20. The van der Waals surface area contributed by atoms with Gasteiger partial charge in [-0.2, -0.15) is 0 Å². The van der Waals surface area contributed by atoms with Gasteiger partial charge in [-0.3, -0.25) is 9.59 Å². The molecule has 7 heteroatoms. The summed E-state index contributed by atoms with van der Waals surface area (Å²) < 4.78 is 5.12. The highest BCUT2D eigenvalue weighted by molar-refractivity contribution is 5.85. The highest BCUT2D eigenvalue weighted by Gasteiger charge is 2.25. The summed E-state index contributed by atoms with van der Waals surface area (Å²) in [6.07, 6.45) is 0.370. The number of carbonyl (C=O) groups excluding carboxylic acids is 3. The molecule has 0 aromatic heterocycles. The molecule has 1 aliphatic rings. The first-order valence-electron chi connectivity index (χ1n) is 6.67. The molecule has 1 aliphatic heterocycles. The molecule has 22 heavy (non-hydrogen) atoms. The van der Waals surface area contributed by atoms with Crippen LogP contribution in [0.25, 0.3) is 0 Å². The molecule has 1 amide bonds. The lowest BCUT2D eigenvalue weighted by Gasteiger charge is -2.24. The van der Waals surface area contributed by atoms with Gasteiger partial charge in [0, 0.05) is 6.42 Å². The van der Waals surface area contributed by atoms with Crippen molar-refractivity contribution in [1.29, 1.82) is 0 Å². The van der Waals surface area contributed by atoms with Crippen LogP contribution in [0.5, 0.6) is 0 Å². The average Bonchev–Trinajstić information content (AvgIpc) is 2.53. The lowest BCUT2D eigenvalue weighted by Crippen LogP contribution is -2.51. The maximum atomic E-state index is 11.7. The third kappa shape index (κ3) is 5.24. The third-order valence-electron chi connectivity index (χ3n) is 3.11. The first-order chi connectivity index (χ1) is 10.2. The molecule has 118 valence electrons. The van der Waals surface area contributed by atoms with Gasteiger partial charge in [0.15, 0.2) is 0 Å². The second-order valence-electron chi connectivity index (χ2n) is 4.68. The van der Waals surface area contributed by atoms with Crippen LogP contribution in [0.2, 0.25) is 0 Å². The molecule has 0 radical (unpaired) electrons. The van der Waals surface area contributed by atoms with Gasteiger partial charge in [0.2, 0.25) is 5.91 Å². The minimum Gasteiger partial charge on any atom is -0.461 e. The summed E-state index contributed by atoms with van der Waals surface area (Å²) in [4.78, 5) is 33.8. The Kier molecular flexibility index (Phi) is 7.16. The van der Waals surface area contributed by atoms with Crippen LogP contribution < -0.4 is 10.6 Å². The first-order valence-corrected chi connectivity index (χ1v) is 6.67. The fourth-order valence-electron chi connectivity index (χ4n) is 1.97. The topological polar surface area (TPSA) is 84.5 Å². The second kappa shape index (κ2) is 8.87. The van der Waals surface area contributed by atoms with Gasteiger partial charge in [0.05, 0.1) is 6.54 Å². The highest BCUT2D eigenvalue weighted by atomic mass is 35.5. The van der Waals surface area contributed by atoms with Crippen LogP contribution in [0.4, 0.5) is 0 Å². The zero-order valence-corrected chi connectivity index (χ0v) is 12.7. The van der Waals surface area contributed by atoms with Crippen LogP contribution >= 0.6 is 12.4 Å². The van der Waals surface area contributed by atoms with Crippen LogP contribution in [-0.4, -0.2) is 30.4 Å². The quantitative estimate of drug-likeness (QED) is 0.616.